The maximum absolute atomic E-state index is 12.3. The van der Waals surface area contributed by atoms with Crippen molar-refractivity contribution in [2.24, 2.45) is 5.41 Å². The molecule has 0 aromatic heterocycles. The topological polar surface area (TPSA) is 20.3 Å². The van der Waals surface area contributed by atoms with Crippen LogP contribution in [0.3, 0.4) is 0 Å². The molecule has 0 bridgehead atoms. The number of carbonyl (C=O) groups is 1. The van der Waals surface area contributed by atoms with Crippen LogP contribution in [-0.4, -0.2) is 36.0 Å². The SMILES string of the molecule is CC(=O)C(C)(C)CN(CC(F)(F)F)C(C)C. The molecule has 16 heavy (non-hydrogen) atoms. The van der Waals surface area contributed by atoms with Gasteiger partial charge < -0.3 is 0 Å². The fraction of sp³-hybridized carbons (Fsp3) is 0.909. The van der Waals surface area contributed by atoms with Crippen LogP contribution in [0.25, 0.3) is 0 Å². The molecule has 0 aromatic rings. The molecule has 0 aromatic carbocycles. The maximum atomic E-state index is 12.3. The number of carbonyl (C=O) groups excluding carboxylic acids is 1. The number of halogens is 3. The zero-order chi connectivity index (χ0) is 13.1. The second-order valence-electron chi connectivity index (χ2n) is 5.05. The van der Waals surface area contributed by atoms with Crippen molar-refractivity contribution in [1.82, 2.24) is 4.90 Å². The smallest absolute Gasteiger partial charge is 0.299 e. The van der Waals surface area contributed by atoms with Gasteiger partial charge in [0.1, 0.15) is 5.78 Å². The first-order chi connectivity index (χ1) is 6.96. The summed E-state index contributed by atoms with van der Waals surface area (Å²) in [5.74, 6) is -0.0969. The monoisotopic (exact) mass is 239 g/mol. The van der Waals surface area contributed by atoms with Crippen LogP contribution in [0.15, 0.2) is 0 Å². The van der Waals surface area contributed by atoms with Gasteiger partial charge in [0.15, 0.2) is 0 Å². The second kappa shape index (κ2) is 5.17. The molecule has 2 nitrogen and oxygen atoms in total. The normalized spacial score (nSPS) is 13.6. The summed E-state index contributed by atoms with van der Waals surface area (Å²) in [5, 5.41) is 0. The molecule has 0 saturated heterocycles. The van der Waals surface area contributed by atoms with E-state index in [2.05, 4.69) is 0 Å². The number of alkyl halides is 3. The molecule has 96 valence electrons. The summed E-state index contributed by atoms with van der Waals surface area (Å²) in [5.41, 5.74) is -0.741. The summed E-state index contributed by atoms with van der Waals surface area (Å²) in [4.78, 5) is 12.6. The Balaban J connectivity index is 4.65. The van der Waals surface area contributed by atoms with E-state index in [9.17, 15) is 18.0 Å². The largest absolute Gasteiger partial charge is 0.401 e. The van der Waals surface area contributed by atoms with E-state index in [4.69, 9.17) is 0 Å². The minimum Gasteiger partial charge on any atom is -0.299 e. The molecule has 0 saturated carbocycles. The van der Waals surface area contributed by atoms with Crippen LogP contribution in [0, 0.1) is 5.41 Å². The van der Waals surface area contributed by atoms with Crippen molar-refractivity contribution in [1.29, 1.82) is 0 Å². The highest BCUT2D eigenvalue weighted by atomic mass is 19.4. The van der Waals surface area contributed by atoms with Crippen molar-refractivity contribution >= 4 is 5.78 Å². The lowest BCUT2D eigenvalue weighted by Gasteiger charge is -2.34. The first-order valence-electron chi connectivity index (χ1n) is 5.27. The Labute approximate surface area is 94.8 Å². The third-order valence-corrected chi connectivity index (χ3v) is 2.66. The average molecular weight is 239 g/mol. The van der Waals surface area contributed by atoms with E-state index in [1.807, 2.05) is 0 Å². The Bertz CT molecular complexity index is 246. The first kappa shape index (κ1) is 15.4. The Morgan fingerprint density at radius 3 is 1.88 bits per heavy atom. The van der Waals surface area contributed by atoms with Gasteiger partial charge in [-0.15, -0.1) is 0 Å². The van der Waals surface area contributed by atoms with Gasteiger partial charge in [-0.25, -0.2) is 0 Å². The lowest BCUT2D eigenvalue weighted by Crippen LogP contribution is -2.46. The number of hydrogen-bond donors (Lipinski definition) is 0. The van der Waals surface area contributed by atoms with Crippen LogP contribution in [0.1, 0.15) is 34.6 Å². The molecule has 0 N–H and O–H groups in total. The molecule has 0 unspecified atom stereocenters. The highest BCUT2D eigenvalue weighted by molar-refractivity contribution is 5.81. The molecule has 0 heterocycles. The molecule has 0 fully saturated rings. The molecule has 0 atom stereocenters. The molecule has 0 aliphatic rings. The van der Waals surface area contributed by atoms with Gasteiger partial charge in [0.25, 0.3) is 0 Å². The predicted octanol–water partition coefficient (Wildman–Crippen LogP) is 2.87. The molecule has 0 radical (unpaired) electrons. The van der Waals surface area contributed by atoms with E-state index >= 15 is 0 Å². The summed E-state index contributed by atoms with van der Waals surface area (Å²) < 4.78 is 36.9. The zero-order valence-corrected chi connectivity index (χ0v) is 10.5. The first-order valence-corrected chi connectivity index (χ1v) is 5.27. The average Bonchev–Trinajstić information content (AvgIpc) is 1.99. The lowest BCUT2D eigenvalue weighted by atomic mass is 9.88. The summed E-state index contributed by atoms with van der Waals surface area (Å²) in [6.45, 7) is 7.29. The number of nitrogens with zero attached hydrogens (tertiary/aromatic N) is 1. The van der Waals surface area contributed by atoms with Crippen molar-refractivity contribution < 1.29 is 18.0 Å². The Morgan fingerprint density at radius 2 is 1.62 bits per heavy atom. The van der Waals surface area contributed by atoms with Crippen molar-refractivity contribution in [2.45, 2.75) is 46.8 Å². The molecule has 0 rings (SSSR count). The number of hydrogen-bond acceptors (Lipinski definition) is 2. The van der Waals surface area contributed by atoms with Crippen molar-refractivity contribution in [3.8, 4) is 0 Å². The second-order valence-corrected chi connectivity index (χ2v) is 5.05. The molecule has 0 aliphatic heterocycles. The standard InChI is InChI=1S/C11H20F3NO/c1-8(2)15(7-11(12,13)14)6-10(4,5)9(3)16/h8H,6-7H2,1-5H3. The minimum atomic E-state index is -4.23. The van der Waals surface area contributed by atoms with E-state index < -0.39 is 18.1 Å². The van der Waals surface area contributed by atoms with Crippen LogP contribution < -0.4 is 0 Å². The Morgan fingerprint density at radius 1 is 1.19 bits per heavy atom. The van der Waals surface area contributed by atoms with Crippen LogP contribution in [0.2, 0.25) is 0 Å². The summed E-state index contributed by atoms with van der Waals surface area (Å²) in [6, 6.07) is -0.236. The Hall–Kier alpha value is -0.580. The highest BCUT2D eigenvalue weighted by Crippen LogP contribution is 2.24. The van der Waals surface area contributed by atoms with Crippen LogP contribution >= 0.6 is 0 Å². The van der Waals surface area contributed by atoms with Gasteiger partial charge in [0, 0.05) is 18.0 Å². The van der Waals surface area contributed by atoms with Crippen molar-refractivity contribution in [3.05, 3.63) is 0 Å². The molecular weight excluding hydrogens is 219 g/mol. The van der Waals surface area contributed by atoms with E-state index in [0.717, 1.165) is 0 Å². The number of rotatable bonds is 5. The minimum absolute atomic E-state index is 0.0969. The van der Waals surface area contributed by atoms with Crippen molar-refractivity contribution in [2.75, 3.05) is 13.1 Å². The Kier molecular flexibility index (Phi) is 4.98. The van der Waals surface area contributed by atoms with Gasteiger partial charge >= 0.3 is 6.18 Å². The van der Waals surface area contributed by atoms with E-state index in [1.54, 1.807) is 27.7 Å². The van der Waals surface area contributed by atoms with E-state index in [1.165, 1.54) is 11.8 Å². The summed E-state index contributed by atoms with van der Waals surface area (Å²) in [6.07, 6.45) is -4.23. The van der Waals surface area contributed by atoms with Gasteiger partial charge in [0.2, 0.25) is 0 Å². The van der Waals surface area contributed by atoms with Gasteiger partial charge in [-0.3, -0.25) is 9.69 Å². The molecule has 5 heteroatoms. The highest BCUT2D eigenvalue weighted by Gasteiger charge is 2.35. The molecule has 0 amide bonds. The lowest BCUT2D eigenvalue weighted by molar-refractivity contribution is -0.154. The quantitative estimate of drug-likeness (QED) is 0.735. The van der Waals surface area contributed by atoms with Gasteiger partial charge in [-0.1, -0.05) is 13.8 Å². The number of ketones is 1. The number of Topliss-reactive ketones (excluding diaryl/α,β-unsaturated/α-hetero) is 1. The van der Waals surface area contributed by atoms with Crippen LogP contribution in [0.5, 0.6) is 0 Å². The van der Waals surface area contributed by atoms with Crippen LogP contribution in [-0.2, 0) is 4.79 Å². The summed E-state index contributed by atoms with van der Waals surface area (Å²) >= 11 is 0. The third-order valence-electron chi connectivity index (χ3n) is 2.66. The fourth-order valence-electron chi connectivity index (χ4n) is 1.27. The van der Waals surface area contributed by atoms with Crippen molar-refractivity contribution in [3.63, 3.8) is 0 Å². The van der Waals surface area contributed by atoms with E-state index in [-0.39, 0.29) is 18.4 Å². The molecular formula is C11H20F3NO. The van der Waals surface area contributed by atoms with Gasteiger partial charge in [-0.05, 0) is 20.8 Å². The zero-order valence-electron chi connectivity index (χ0n) is 10.5. The summed E-state index contributed by atoms with van der Waals surface area (Å²) in [7, 11) is 0. The van der Waals surface area contributed by atoms with Gasteiger partial charge in [-0.2, -0.15) is 13.2 Å². The van der Waals surface area contributed by atoms with Gasteiger partial charge in [0.05, 0.1) is 6.54 Å². The maximum Gasteiger partial charge on any atom is 0.401 e. The molecule has 0 aliphatic carbocycles. The molecule has 0 spiro atoms. The third kappa shape index (κ3) is 5.49. The van der Waals surface area contributed by atoms with Crippen LogP contribution in [0.4, 0.5) is 13.2 Å². The van der Waals surface area contributed by atoms with E-state index in [0.29, 0.717) is 0 Å². The predicted molar refractivity (Wildman–Crippen MR) is 57.2 cm³/mol. The fourth-order valence-corrected chi connectivity index (χ4v) is 1.27.